The van der Waals surface area contributed by atoms with Gasteiger partial charge in [0, 0.05) is 32.1 Å². The second kappa shape index (κ2) is 6.63. The van der Waals surface area contributed by atoms with E-state index in [1.54, 1.807) is 7.11 Å². The van der Waals surface area contributed by atoms with E-state index in [-0.39, 0.29) is 6.04 Å². The Morgan fingerprint density at radius 2 is 2.33 bits per heavy atom. The maximum absolute atomic E-state index is 5.55. The van der Waals surface area contributed by atoms with Crippen LogP contribution < -0.4 is 5.32 Å². The van der Waals surface area contributed by atoms with E-state index in [2.05, 4.69) is 15.5 Å². The van der Waals surface area contributed by atoms with Crippen LogP contribution in [0.4, 0.5) is 6.01 Å². The molecule has 0 fully saturated rings. The van der Waals surface area contributed by atoms with Gasteiger partial charge < -0.3 is 14.5 Å². The average molecular weight is 234 g/mol. The van der Waals surface area contributed by atoms with Crippen LogP contribution >= 0.6 is 11.6 Å². The predicted octanol–water partition coefficient (Wildman–Crippen LogP) is 1.69. The molecule has 0 aliphatic carbocycles. The molecule has 15 heavy (non-hydrogen) atoms. The molecule has 0 spiro atoms. The van der Waals surface area contributed by atoms with Crippen LogP contribution in [0.3, 0.4) is 0 Å². The Bertz CT molecular complexity index is 280. The van der Waals surface area contributed by atoms with Crippen molar-refractivity contribution in [1.29, 1.82) is 0 Å². The van der Waals surface area contributed by atoms with Gasteiger partial charge in [-0.15, -0.1) is 16.7 Å². The van der Waals surface area contributed by atoms with Gasteiger partial charge in [0.05, 0.1) is 0 Å². The highest BCUT2D eigenvalue weighted by Gasteiger charge is 2.08. The molecule has 6 heteroatoms. The first-order valence-electron chi connectivity index (χ1n) is 4.90. The minimum Gasteiger partial charge on any atom is -0.408 e. The normalized spacial score (nSPS) is 12.7. The van der Waals surface area contributed by atoms with Crippen LogP contribution in [0.5, 0.6) is 0 Å². The Balaban J connectivity index is 2.35. The van der Waals surface area contributed by atoms with E-state index in [9.17, 15) is 0 Å². The molecule has 86 valence electrons. The van der Waals surface area contributed by atoms with E-state index in [0.29, 0.717) is 30.8 Å². The van der Waals surface area contributed by atoms with Gasteiger partial charge in [-0.25, -0.2) is 0 Å². The number of halogens is 1. The van der Waals surface area contributed by atoms with Gasteiger partial charge in [-0.2, -0.15) is 0 Å². The summed E-state index contributed by atoms with van der Waals surface area (Å²) in [6.45, 7) is 2.74. The number of hydrogen-bond donors (Lipinski definition) is 1. The molecular weight excluding hydrogens is 218 g/mol. The molecule has 1 unspecified atom stereocenters. The van der Waals surface area contributed by atoms with Gasteiger partial charge in [0.2, 0.25) is 5.89 Å². The van der Waals surface area contributed by atoms with Gasteiger partial charge in [-0.1, -0.05) is 5.10 Å². The van der Waals surface area contributed by atoms with Crippen molar-refractivity contribution in [3.05, 3.63) is 5.89 Å². The lowest BCUT2D eigenvalue weighted by molar-refractivity contribution is 0.191. The molecule has 1 aromatic heterocycles. The van der Waals surface area contributed by atoms with Crippen molar-refractivity contribution in [3.63, 3.8) is 0 Å². The highest BCUT2D eigenvalue weighted by atomic mass is 35.5. The van der Waals surface area contributed by atoms with Crippen LogP contribution in [-0.4, -0.2) is 35.8 Å². The Labute approximate surface area is 94.2 Å². The highest BCUT2D eigenvalue weighted by molar-refractivity contribution is 6.17. The molecule has 0 saturated heterocycles. The fraction of sp³-hybridized carbons (Fsp3) is 0.778. The fourth-order valence-electron chi connectivity index (χ4n) is 1.07. The summed E-state index contributed by atoms with van der Waals surface area (Å²) in [5, 5.41) is 10.8. The summed E-state index contributed by atoms with van der Waals surface area (Å²) >= 11 is 5.55. The van der Waals surface area contributed by atoms with Gasteiger partial charge in [-0.05, 0) is 13.3 Å². The third-order valence-electron chi connectivity index (χ3n) is 1.90. The summed E-state index contributed by atoms with van der Waals surface area (Å²) in [5.74, 6) is 1.05. The van der Waals surface area contributed by atoms with Crippen molar-refractivity contribution < 1.29 is 9.15 Å². The fourth-order valence-corrected chi connectivity index (χ4v) is 1.23. The third kappa shape index (κ3) is 4.48. The number of methoxy groups -OCH3 is 1. The van der Waals surface area contributed by atoms with Crippen molar-refractivity contribution in [2.24, 2.45) is 0 Å². The summed E-state index contributed by atoms with van der Waals surface area (Å²) in [7, 11) is 1.68. The minimum absolute atomic E-state index is 0.245. The molecule has 1 atom stereocenters. The number of hydrogen-bond acceptors (Lipinski definition) is 5. The lowest BCUT2D eigenvalue weighted by Crippen LogP contribution is -2.17. The Kier molecular flexibility index (Phi) is 5.42. The Morgan fingerprint density at radius 1 is 1.53 bits per heavy atom. The lowest BCUT2D eigenvalue weighted by Gasteiger charge is -2.10. The molecule has 0 bridgehead atoms. The maximum Gasteiger partial charge on any atom is 0.315 e. The number of rotatable bonds is 7. The van der Waals surface area contributed by atoms with Crippen molar-refractivity contribution >= 4 is 17.6 Å². The van der Waals surface area contributed by atoms with Crippen LogP contribution in [0.2, 0.25) is 0 Å². The molecule has 1 N–H and O–H groups in total. The predicted molar refractivity (Wildman–Crippen MR) is 58.3 cm³/mol. The summed E-state index contributed by atoms with van der Waals surface area (Å²) in [6, 6.07) is 0.688. The van der Waals surface area contributed by atoms with Gasteiger partial charge in [0.15, 0.2) is 0 Å². The number of alkyl halides is 1. The molecule has 1 heterocycles. The molecule has 0 radical (unpaired) electrons. The molecule has 0 aliphatic rings. The second-order valence-corrected chi connectivity index (χ2v) is 3.64. The first kappa shape index (κ1) is 12.3. The first-order chi connectivity index (χ1) is 7.26. The smallest absolute Gasteiger partial charge is 0.315 e. The summed E-state index contributed by atoms with van der Waals surface area (Å²) in [5.41, 5.74) is 0. The molecule has 1 aromatic rings. The van der Waals surface area contributed by atoms with E-state index >= 15 is 0 Å². The Hall–Kier alpha value is -0.810. The molecule has 1 rings (SSSR count). The molecule has 0 saturated carbocycles. The van der Waals surface area contributed by atoms with Crippen LogP contribution in [0.25, 0.3) is 0 Å². The molecule has 0 amide bonds. The minimum atomic E-state index is 0.245. The van der Waals surface area contributed by atoms with E-state index in [1.165, 1.54) is 0 Å². The van der Waals surface area contributed by atoms with Crippen LogP contribution in [0.15, 0.2) is 4.42 Å². The number of nitrogens with zero attached hydrogens (tertiary/aromatic N) is 2. The molecular formula is C9H16ClN3O2. The number of ether oxygens (including phenoxy) is 1. The monoisotopic (exact) mass is 233 g/mol. The van der Waals surface area contributed by atoms with Crippen molar-refractivity contribution in [3.8, 4) is 0 Å². The van der Waals surface area contributed by atoms with E-state index in [1.807, 2.05) is 6.92 Å². The topological polar surface area (TPSA) is 60.2 Å². The summed E-state index contributed by atoms with van der Waals surface area (Å²) in [4.78, 5) is 0. The average Bonchev–Trinajstić information content (AvgIpc) is 2.63. The van der Waals surface area contributed by atoms with Gasteiger partial charge in [-0.3, -0.25) is 0 Å². The first-order valence-corrected chi connectivity index (χ1v) is 5.43. The second-order valence-electron chi connectivity index (χ2n) is 3.27. The van der Waals surface area contributed by atoms with Crippen molar-refractivity contribution in [2.45, 2.75) is 25.8 Å². The number of nitrogens with one attached hydrogen (secondary N) is 1. The van der Waals surface area contributed by atoms with Gasteiger partial charge in [0.25, 0.3) is 0 Å². The zero-order valence-corrected chi connectivity index (χ0v) is 9.75. The van der Waals surface area contributed by atoms with Gasteiger partial charge in [0.1, 0.15) is 0 Å². The van der Waals surface area contributed by atoms with E-state index in [4.69, 9.17) is 20.8 Å². The zero-order chi connectivity index (χ0) is 11.1. The standard InChI is InChI=1S/C9H16ClN3O2/c1-7(4-6-14-2)11-9-13-12-8(15-9)3-5-10/h7H,3-6H2,1-2H3,(H,11,13). The summed E-state index contributed by atoms with van der Waals surface area (Å²) in [6.07, 6.45) is 1.49. The largest absolute Gasteiger partial charge is 0.408 e. The van der Waals surface area contributed by atoms with E-state index in [0.717, 1.165) is 6.42 Å². The lowest BCUT2D eigenvalue weighted by atomic mass is 10.2. The summed E-state index contributed by atoms with van der Waals surface area (Å²) < 4.78 is 10.3. The van der Waals surface area contributed by atoms with Crippen LogP contribution in [0, 0.1) is 0 Å². The Morgan fingerprint density at radius 3 is 3.00 bits per heavy atom. The van der Waals surface area contributed by atoms with Crippen LogP contribution in [0.1, 0.15) is 19.2 Å². The third-order valence-corrected chi connectivity index (χ3v) is 2.09. The number of aryl methyl sites for hydroxylation is 1. The number of anilines is 1. The molecule has 5 nitrogen and oxygen atoms in total. The van der Waals surface area contributed by atoms with Crippen molar-refractivity contribution in [2.75, 3.05) is 24.9 Å². The number of aromatic nitrogens is 2. The maximum atomic E-state index is 5.55. The highest BCUT2D eigenvalue weighted by Crippen LogP contribution is 2.09. The molecule has 0 aliphatic heterocycles. The van der Waals surface area contributed by atoms with Gasteiger partial charge >= 0.3 is 6.01 Å². The van der Waals surface area contributed by atoms with Crippen molar-refractivity contribution in [1.82, 2.24) is 10.2 Å². The van der Waals surface area contributed by atoms with Crippen LogP contribution in [-0.2, 0) is 11.2 Å². The quantitative estimate of drug-likeness (QED) is 0.727. The SMILES string of the molecule is COCCC(C)Nc1nnc(CCCl)o1. The zero-order valence-electron chi connectivity index (χ0n) is 8.99. The van der Waals surface area contributed by atoms with E-state index < -0.39 is 0 Å². The molecule has 0 aromatic carbocycles.